The summed E-state index contributed by atoms with van der Waals surface area (Å²) in [6, 6.07) is 9.14. The van der Waals surface area contributed by atoms with Crippen molar-refractivity contribution in [2.24, 2.45) is 0 Å². The molecule has 0 atom stereocenters. The van der Waals surface area contributed by atoms with E-state index in [0.717, 1.165) is 0 Å². The van der Waals surface area contributed by atoms with Gasteiger partial charge in [0, 0.05) is 22.6 Å². The maximum atomic E-state index is 13.4. The van der Waals surface area contributed by atoms with Crippen LogP contribution in [-0.2, 0) is 6.42 Å². The van der Waals surface area contributed by atoms with Gasteiger partial charge in [0.25, 0.3) is 0 Å². The van der Waals surface area contributed by atoms with Gasteiger partial charge in [-0.05, 0) is 30.3 Å². The normalized spacial score (nSPS) is 10.4. The standard InChI is InChI=1S/C15H11Cl2FO2/c1-20-14-6-5-10(16)7-9(14)8-13(19)11-3-2-4-12(18)15(11)17/h2-7H,8H2,1H3. The number of rotatable bonds is 4. The SMILES string of the molecule is COc1ccc(Cl)cc1CC(=O)c1cccc(F)c1Cl. The highest BCUT2D eigenvalue weighted by Gasteiger charge is 2.16. The third kappa shape index (κ3) is 3.11. The van der Waals surface area contributed by atoms with Crippen LogP contribution in [0.2, 0.25) is 10.0 Å². The molecule has 0 aromatic heterocycles. The quantitative estimate of drug-likeness (QED) is 0.773. The van der Waals surface area contributed by atoms with Crippen molar-refractivity contribution >= 4 is 29.0 Å². The molecule has 0 radical (unpaired) electrons. The van der Waals surface area contributed by atoms with Crippen LogP contribution in [0.3, 0.4) is 0 Å². The number of carbonyl (C=O) groups is 1. The molecular formula is C15H11Cl2FO2. The van der Waals surface area contributed by atoms with Crippen LogP contribution in [0.15, 0.2) is 36.4 Å². The molecule has 0 aliphatic carbocycles. The lowest BCUT2D eigenvalue weighted by atomic mass is 10.0. The Hall–Kier alpha value is -1.58. The Balaban J connectivity index is 2.32. The van der Waals surface area contributed by atoms with Gasteiger partial charge >= 0.3 is 0 Å². The molecule has 2 rings (SSSR count). The summed E-state index contributed by atoms with van der Waals surface area (Å²) in [4.78, 5) is 12.2. The van der Waals surface area contributed by atoms with Crippen molar-refractivity contribution in [3.05, 3.63) is 63.4 Å². The molecule has 0 saturated carbocycles. The molecule has 5 heteroatoms. The number of ketones is 1. The lowest BCUT2D eigenvalue weighted by Crippen LogP contribution is -2.06. The minimum absolute atomic E-state index is 0.0346. The van der Waals surface area contributed by atoms with E-state index in [1.165, 1.54) is 25.3 Å². The maximum absolute atomic E-state index is 13.4. The highest BCUT2D eigenvalue weighted by atomic mass is 35.5. The van der Waals surface area contributed by atoms with Gasteiger partial charge in [-0.15, -0.1) is 0 Å². The van der Waals surface area contributed by atoms with Gasteiger partial charge in [0.15, 0.2) is 5.78 Å². The minimum Gasteiger partial charge on any atom is -0.496 e. The molecule has 2 nitrogen and oxygen atoms in total. The molecule has 0 amide bonds. The average molecular weight is 313 g/mol. The summed E-state index contributed by atoms with van der Waals surface area (Å²) in [7, 11) is 1.51. The second-order valence-corrected chi connectivity index (χ2v) is 4.97. The number of ether oxygens (including phenoxy) is 1. The first-order chi connectivity index (χ1) is 9.52. The molecule has 0 spiro atoms. The van der Waals surface area contributed by atoms with E-state index in [1.54, 1.807) is 18.2 Å². The largest absolute Gasteiger partial charge is 0.496 e. The van der Waals surface area contributed by atoms with Crippen molar-refractivity contribution in [3.8, 4) is 5.75 Å². The predicted octanol–water partition coefficient (Wildman–Crippen LogP) is 4.57. The second kappa shape index (κ2) is 6.25. The predicted molar refractivity (Wildman–Crippen MR) is 77.4 cm³/mol. The Morgan fingerprint density at radius 1 is 1.25 bits per heavy atom. The third-order valence-electron chi connectivity index (χ3n) is 2.85. The highest BCUT2D eigenvalue weighted by Crippen LogP contribution is 2.26. The van der Waals surface area contributed by atoms with Crippen LogP contribution in [0.5, 0.6) is 5.75 Å². The summed E-state index contributed by atoms with van der Waals surface area (Å²) < 4.78 is 18.5. The van der Waals surface area contributed by atoms with Crippen LogP contribution in [0.1, 0.15) is 15.9 Å². The van der Waals surface area contributed by atoms with E-state index in [0.29, 0.717) is 16.3 Å². The Morgan fingerprint density at radius 3 is 2.70 bits per heavy atom. The number of methoxy groups -OCH3 is 1. The van der Waals surface area contributed by atoms with Crippen molar-refractivity contribution in [2.75, 3.05) is 7.11 Å². The molecule has 0 saturated heterocycles. The van der Waals surface area contributed by atoms with Gasteiger partial charge in [-0.1, -0.05) is 29.3 Å². The first-order valence-corrected chi connectivity index (χ1v) is 6.58. The molecule has 0 unspecified atom stereocenters. The summed E-state index contributed by atoms with van der Waals surface area (Å²) in [6.07, 6.45) is 0.0346. The van der Waals surface area contributed by atoms with Crippen molar-refractivity contribution in [3.63, 3.8) is 0 Å². The summed E-state index contributed by atoms with van der Waals surface area (Å²) in [5.41, 5.74) is 0.777. The first-order valence-electron chi connectivity index (χ1n) is 5.82. The van der Waals surface area contributed by atoms with Crippen molar-refractivity contribution < 1.29 is 13.9 Å². The molecule has 2 aromatic carbocycles. The summed E-state index contributed by atoms with van der Waals surface area (Å²) in [5.74, 6) is -0.360. The molecule has 2 aromatic rings. The fraction of sp³-hybridized carbons (Fsp3) is 0.133. The molecule has 0 aliphatic heterocycles. The highest BCUT2D eigenvalue weighted by molar-refractivity contribution is 6.34. The summed E-state index contributed by atoms with van der Waals surface area (Å²) >= 11 is 11.7. The number of hydrogen-bond acceptors (Lipinski definition) is 2. The van der Waals surface area contributed by atoms with E-state index in [1.807, 2.05) is 0 Å². The van der Waals surface area contributed by atoms with Crippen LogP contribution in [0, 0.1) is 5.82 Å². The molecular weight excluding hydrogens is 302 g/mol. The second-order valence-electron chi connectivity index (χ2n) is 4.16. The van der Waals surface area contributed by atoms with E-state index >= 15 is 0 Å². The monoisotopic (exact) mass is 312 g/mol. The number of halogens is 3. The topological polar surface area (TPSA) is 26.3 Å². The number of hydrogen-bond donors (Lipinski definition) is 0. The third-order valence-corrected chi connectivity index (χ3v) is 3.46. The fourth-order valence-corrected chi connectivity index (χ4v) is 2.30. The zero-order chi connectivity index (χ0) is 14.7. The zero-order valence-electron chi connectivity index (χ0n) is 10.6. The molecule has 0 N–H and O–H groups in total. The van der Waals surface area contributed by atoms with Gasteiger partial charge in [0.05, 0.1) is 12.1 Å². The van der Waals surface area contributed by atoms with Crippen molar-refractivity contribution in [1.29, 1.82) is 0 Å². The molecule has 0 heterocycles. The molecule has 0 fully saturated rings. The average Bonchev–Trinajstić information content (AvgIpc) is 2.42. The zero-order valence-corrected chi connectivity index (χ0v) is 12.1. The van der Waals surface area contributed by atoms with Crippen LogP contribution < -0.4 is 4.74 Å². The maximum Gasteiger partial charge on any atom is 0.168 e. The van der Waals surface area contributed by atoms with Crippen LogP contribution in [0.25, 0.3) is 0 Å². The molecule has 104 valence electrons. The van der Waals surface area contributed by atoms with Gasteiger partial charge in [-0.2, -0.15) is 0 Å². The molecule has 0 bridgehead atoms. The van der Waals surface area contributed by atoms with E-state index in [4.69, 9.17) is 27.9 Å². The van der Waals surface area contributed by atoms with Crippen molar-refractivity contribution in [2.45, 2.75) is 6.42 Å². The van der Waals surface area contributed by atoms with E-state index in [2.05, 4.69) is 0 Å². The number of benzene rings is 2. The van der Waals surface area contributed by atoms with Gasteiger partial charge in [0.2, 0.25) is 0 Å². The van der Waals surface area contributed by atoms with Gasteiger partial charge in [-0.3, -0.25) is 4.79 Å². The van der Waals surface area contributed by atoms with E-state index < -0.39 is 5.82 Å². The van der Waals surface area contributed by atoms with Crippen molar-refractivity contribution in [1.82, 2.24) is 0 Å². The Labute approximate surface area is 126 Å². The van der Waals surface area contributed by atoms with Gasteiger partial charge in [0.1, 0.15) is 11.6 Å². The number of Topliss-reactive ketones (excluding diaryl/α,β-unsaturated/α-hetero) is 1. The Bertz CT molecular complexity index is 656. The van der Waals surface area contributed by atoms with E-state index in [9.17, 15) is 9.18 Å². The smallest absolute Gasteiger partial charge is 0.168 e. The lowest BCUT2D eigenvalue weighted by Gasteiger charge is -2.09. The minimum atomic E-state index is -0.615. The fourth-order valence-electron chi connectivity index (χ4n) is 1.87. The van der Waals surface area contributed by atoms with Gasteiger partial charge in [-0.25, -0.2) is 4.39 Å². The summed E-state index contributed by atoms with van der Waals surface area (Å²) in [6.45, 7) is 0. The van der Waals surface area contributed by atoms with E-state index in [-0.39, 0.29) is 22.8 Å². The Morgan fingerprint density at radius 2 is 2.00 bits per heavy atom. The summed E-state index contributed by atoms with van der Waals surface area (Å²) in [5, 5.41) is 0.331. The van der Waals surface area contributed by atoms with Crippen LogP contribution >= 0.6 is 23.2 Å². The number of carbonyl (C=O) groups excluding carboxylic acids is 1. The Kier molecular flexibility index (Phi) is 4.63. The lowest BCUT2D eigenvalue weighted by molar-refractivity contribution is 0.0992. The van der Waals surface area contributed by atoms with Crippen LogP contribution in [0.4, 0.5) is 4.39 Å². The van der Waals surface area contributed by atoms with Gasteiger partial charge < -0.3 is 4.74 Å². The van der Waals surface area contributed by atoms with Crippen LogP contribution in [-0.4, -0.2) is 12.9 Å². The molecule has 0 aliphatic rings. The molecule has 20 heavy (non-hydrogen) atoms. The first kappa shape index (κ1) is 14.8.